The van der Waals surface area contributed by atoms with Crippen LogP contribution in [0.2, 0.25) is 0 Å². The molecule has 9 atom stereocenters. The summed E-state index contributed by atoms with van der Waals surface area (Å²) in [6.45, 7) is 2.84. The summed E-state index contributed by atoms with van der Waals surface area (Å²) in [5, 5.41) is 32.5. The molecule has 28 heavy (non-hydrogen) atoms. The highest BCUT2D eigenvalue weighted by molar-refractivity contribution is 6.01. The zero-order valence-electron chi connectivity index (χ0n) is 21.1. The van der Waals surface area contributed by atoms with Gasteiger partial charge in [0.15, 0.2) is 17.2 Å². The Bertz CT molecular complexity index is 1010. The Hall–Kier alpha value is -1.37. The molecule has 0 aromatic rings. The van der Waals surface area contributed by atoms with E-state index in [-0.39, 0.29) is 18.4 Å². The molecule has 0 radical (unpaired) electrons. The molecular formula is C22H29FO5. The van der Waals surface area contributed by atoms with Gasteiger partial charge in [-0.3, -0.25) is 9.59 Å². The second-order valence-electron chi connectivity index (χ2n) is 8.96. The molecule has 3 fully saturated rings. The van der Waals surface area contributed by atoms with Crippen molar-refractivity contribution in [2.45, 2.75) is 63.7 Å². The summed E-state index contributed by atoms with van der Waals surface area (Å²) < 4.78 is 60.8. The lowest BCUT2D eigenvalue weighted by Crippen LogP contribution is -2.69. The summed E-state index contributed by atoms with van der Waals surface area (Å²) in [6, 6.07) is -0.605. The van der Waals surface area contributed by atoms with E-state index in [0.29, 0.717) is 0 Å². The maximum absolute atomic E-state index is 17.5. The number of carbonyl (C=O) groups is 2. The first-order valence-corrected chi connectivity index (χ1v) is 9.57. The third-order valence-electron chi connectivity index (χ3n) is 7.86. The fourth-order valence-electron chi connectivity index (χ4n) is 6.23. The fourth-order valence-corrected chi connectivity index (χ4v) is 6.23. The van der Waals surface area contributed by atoms with E-state index >= 15 is 4.39 Å². The number of hydrogen-bond acceptors (Lipinski definition) is 5. The molecule has 6 heteroatoms. The number of aliphatic hydroxyl groups is 3. The molecule has 0 heterocycles. The maximum Gasteiger partial charge on any atom is 0.190 e. The number of rotatable bonds is 2. The number of Topliss-reactive ketones (excluding diaryl/α,β-unsaturated/α-hetero) is 1. The first kappa shape index (κ1) is 14.6. The van der Waals surface area contributed by atoms with Gasteiger partial charge in [-0.2, -0.15) is 0 Å². The van der Waals surface area contributed by atoms with Crippen molar-refractivity contribution >= 4 is 11.6 Å². The normalized spacial score (nSPS) is 62.5. The first-order valence-electron chi connectivity index (χ1n) is 12.2. The minimum atomic E-state index is -3.55. The summed E-state index contributed by atoms with van der Waals surface area (Å²) >= 11 is 0. The fraction of sp³-hybridized carbons (Fsp3) is 0.727. The number of carbonyl (C=O) groups excluding carboxylic acids is 2. The predicted molar refractivity (Wildman–Crippen MR) is 99.9 cm³/mol. The van der Waals surface area contributed by atoms with Crippen LogP contribution < -0.4 is 0 Å². The molecule has 0 spiro atoms. The Labute approximate surface area is 171 Å². The lowest BCUT2D eigenvalue weighted by Gasteiger charge is -2.62. The number of hydrogen-bond donors (Lipinski definition) is 3. The van der Waals surface area contributed by atoms with Crippen LogP contribution in [0.25, 0.3) is 0 Å². The van der Waals surface area contributed by atoms with E-state index in [2.05, 4.69) is 0 Å². The molecule has 5 nitrogen and oxygen atoms in total. The van der Waals surface area contributed by atoms with E-state index in [1.807, 2.05) is 0 Å². The molecule has 0 bridgehead atoms. The van der Waals surface area contributed by atoms with Crippen LogP contribution in [0.5, 0.6) is 0 Å². The van der Waals surface area contributed by atoms with E-state index in [9.17, 15) is 24.9 Å². The standard InChI is InChI=1S/C22H29FO5/c1-12-8-16-15-5-4-13-9-14(25)6-7-19(13,2)21(15,23)17(26)10-20(16,3)22(12,28)18(27)11-24/h6-7,9,12,15-17,24,26,28H,4-5,8,10-11H2,1-3H3/t12-,15+,16+,17+,19+,20+,21+,22+/m1/s1/i4D,9D,10D2,17D/t4?,12-,15+,16+,17+,19+,20+,21+,22+. The van der Waals surface area contributed by atoms with Crippen LogP contribution in [0.1, 0.15) is 53.2 Å². The van der Waals surface area contributed by atoms with Crippen LogP contribution in [-0.2, 0) is 9.59 Å². The monoisotopic (exact) mass is 397 g/mol. The zero-order chi connectivity index (χ0) is 25.2. The first-order chi connectivity index (χ1) is 14.9. The van der Waals surface area contributed by atoms with Gasteiger partial charge in [-0.25, -0.2) is 4.39 Å². The highest BCUT2D eigenvalue weighted by atomic mass is 19.1. The van der Waals surface area contributed by atoms with Gasteiger partial charge in [0, 0.05) is 20.9 Å². The van der Waals surface area contributed by atoms with Crippen molar-refractivity contribution in [1.82, 2.24) is 0 Å². The van der Waals surface area contributed by atoms with Gasteiger partial charge in [0.1, 0.15) is 12.2 Å². The van der Waals surface area contributed by atoms with Gasteiger partial charge in [-0.05, 0) is 56.5 Å². The zero-order valence-corrected chi connectivity index (χ0v) is 16.1. The van der Waals surface area contributed by atoms with E-state index in [1.54, 1.807) is 0 Å². The van der Waals surface area contributed by atoms with E-state index in [0.717, 1.165) is 12.2 Å². The van der Waals surface area contributed by atoms with Crippen molar-refractivity contribution in [3.8, 4) is 0 Å². The third kappa shape index (κ3) is 2.01. The summed E-state index contributed by atoms with van der Waals surface area (Å²) in [5.41, 5.74) is -9.96. The van der Waals surface area contributed by atoms with Gasteiger partial charge in [-0.1, -0.05) is 25.5 Å². The lowest BCUT2D eigenvalue weighted by atomic mass is 9.44. The molecule has 3 saturated carbocycles. The SMILES string of the molecule is [2H]C1=C2C([2H])C[C@H]3[C@@H]4C[C@@H](C)[C@](O)(C(=O)CO)[C@@]4(C)C([2H])([2H])[C@]([2H])(O)[C@]3(F)[C@@]2(C)C=CC1=O. The maximum atomic E-state index is 17.5. The minimum absolute atomic E-state index is 0.0388. The van der Waals surface area contributed by atoms with Gasteiger partial charge in [0.25, 0.3) is 0 Å². The molecule has 1 unspecified atom stereocenters. The van der Waals surface area contributed by atoms with E-state index in [1.165, 1.54) is 20.8 Å². The molecule has 0 aromatic carbocycles. The van der Waals surface area contributed by atoms with Crippen molar-refractivity contribution in [2.75, 3.05) is 6.61 Å². The molecule has 0 aromatic heterocycles. The second kappa shape index (κ2) is 5.83. The van der Waals surface area contributed by atoms with Crippen molar-refractivity contribution < 1.29 is 36.2 Å². The smallest absolute Gasteiger partial charge is 0.190 e. The number of ketones is 2. The van der Waals surface area contributed by atoms with Gasteiger partial charge < -0.3 is 15.3 Å². The Kier molecular flexibility index (Phi) is 3.04. The van der Waals surface area contributed by atoms with E-state index < -0.39 is 82.9 Å². The molecule has 0 aliphatic heterocycles. The van der Waals surface area contributed by atoms with Gasteiger partial charge in [0.05, 0.1) is 8.82 Å². The quantitative estimate of drug-likeness (QED) is 0.662. The average molecular weight is 397 g/mol. The van der Waals surface area contributed by atoms with Gasteiger partial charge in [0.2, 0.25) is 0 Å². The summed E-state index contributed by atoms with van der Waals surface area (Å²) in [4.78, 5) is 24.9. The number of fused-ring (bicyclic) bond motifs is 5. The molecule has 4 aliphatic carbocycles. The van der Waals surface area contributed by atoms with Crippen LogP contribution in [-0.4, -0.2) is 50.8 Å². The Morgan fingerprint density at radius 3 is 2.79 bits per heavy atom. The third-order valence-corrected chi connectivity index (χ3v) is 7.86. The Balaban J connectivity index is 2.06. The largest absolute Gasteiger partial charge is 0.390 e. The van der Waals surface area contributed by atoms with Crippen LogP contribution in [0.15, 0.2) is 23.8 Å². The van der Waals surface area contributed by atoms with Crippen molar-refractivity contribution in [3.05, 3.63) is 23.8 Å². The van der Waals surface area contributed by atoms with Crippen LogP contribution >= 0.6 is 0 Å². The summed E-state index contributed by atoms with van der Waals surface area (Å²) in [5.74, 6) is -5.17. The predicted octanol–water partition coefficient (Wildman–Crippen LogP) is 1.90. The molecule has 154 valence electrons. The average Bonchev–Trinajstić information content (AvgIpc) is 2.95. The second-order valence-corrected chi connectivity index (χ2v) is 8.96. The van der Waals surface area contributed by atoms with Crippen molar-refractivity contribution in [3.63, 3.8) is 0 Å². The Morgan fingerprint density at radius 2 is 2.14 bits per heavy atom. The lowest BCUT2D eigenvalue weighted by molar-refractivity contribution is -0.219. The number of halogens is 1. The molecule has 4 rings (SSSR count). The van der Waals surface area contributed by atoms with Crippen LogP contribution in [0.4, 0.5) is 4.39 Å². The minimum Gasteiger partial charge on any atom is -0.390 e. The topological polar surface area (TPSA) is 94.8 Å². The highest BCUT2D eigenvalue weighted by Crippen LogP contribution is 2.70. The molecular weight excluding hydrogens is 363 g/mol. The molecule has 3 N–H and O–H groups in total. The Morgan fingerprint density at radius 1 is 1.46 bits per heavy atom. The number of aliphatic hydroxyl groups excluding tert-OH is 1. The highest BCUT2D eigenvalue weighted by Gasteiger charge is 2.75. The van der Waals surface area contributed by atoms with Crippen LogP contribution in [0.3, 0.4) is 0 Å². The molecule has 0 amide bonds. The van der Waals surface area contributed by atoms with Crippen molar-refractivity contribution in [2.24, 2.45) is 28.6 Å². The molecule has 0 saturated heterocycles. The van der Waals surface area contributed by atoms with Gasteiger partial charge in [-0.15, -0.1) is 0 Å². The van der Waals surface area contributed by atoms with Crippen molar-refractivity contribution in [1.29, 1.82) is 0 Å². The van der Waals surface area contributed by atoms with E-state index in [4.69, 9.17) is 6.85 Å². The van der Waals surface area contributed by atoms with Gasteiger partial charge >= 0.3 is 0 Å². The number of allylic oxidation sites excluding steroid dienone is 4. The van der Waals surface area contributed by atoms with Crippen LogP contribution in [0, 0.1) is 28.6 Å². The summed E-state index contributed by atoms with van der Waals surface area (Å²) in [6.07, 6.45) is -6.31. The summed E-state index contributed by atoms with van der Waals surface area (Å²) in [7, 11) is 0. The number of alkyl halides is 1. The molecule has 4 aliphatic rings.